The highest BCUT2D eigenvalue weighted by atomic mass is 16.4. The second-order valence-corrected chi connectivity index (χ2v) is 5.65. The highest BCUT2D eigenvalue weighted by Gasteiger charge is 2.25. The summed E-state index contributed by atoms with van der Waals surface area (Å²) in [7, 11) is 2.03. The number of carbonyl (C=O) groups excluding carboxylic acids is 1. The summed E-state index contributed by atoms with van der Waals surface area (Å²) in [5, 5.41) is 14.3. The number of hydrogen-bond donors (Lipinski definition) is 3. The van der Waals surface area contributed by atoms with Gasteiger partial charge in [-0.2, -0.15) is 0 Å². The van der Waals surface area contributed by atoms with Gasteiger partial charge in [-0.25, -0.2) is 4.79 Å². The topological polar surface area (TPSA) is 81.7 Å². The Morgan fingerprint density at radius 1 is 1.44 bits per heavy atom. The van der Waals surface area contributed by atoms with E-state index in [1.54, 1.807) is 13.8 Å². The molecule has 1 saturated heterocycles. The third-order valence-electron chi connectivity index (χ3n) is 3.00. The first-order valence-electron chi connectivity index (χ1n) is 6.27. The van der Waals surface area contributed by atoms with E-state index in [4.69, 9.17) is 5.11 Å². The largest absolute Gasteiger partial charge is 0.481 e. The van der Waals surface area contributed by atoms with Gasteiger partial charge >= 0.3 is 12.0 Å². The number of nitrogens with one attached hydrogen (secondary N) is 2. The van der Waals surface area contributed by atoms with Crippen LogP contribution >= 0.6 is 0 Å². The molecule has 1 fully saturated rings. The highest BCUT2D eigenvalue weighted by Crippen LogP contribution is 2.10. The fourth-order valence-corrected chi connectivity index (χ4v) is 2.24. The van der Waals surface area contributed by atoms with Crippen molar-refractivity contribution in [2.24, 2.45) is 0 Å². The van der Waals surface area contributed by atoms with Gasteiger partial charge in [0.25, 0.3) is 0 Å². The lowest BCUT2D eigenvalue weighted by Gasteiger charge is -2.32. The molecule has 6 nitrogen and oxygen atoms in total. The van der Waals surface area contributed by atoms with Crippen LogP contribution in [0.1, 0.15) is 33.1 Å². The monoisotopic (exact) mass is 257 g/mol. The van der Waals surface area contributed by atoms with Gasteiger partial charge in [0, 0.05) is 18.1 Å². The molecule has 0 radical (unpaired) electrons. The molecule has 1 aliphatic heterocycles. The van der Waals surface area contributed by atoms with E-state index in [1.807, 2.05) is 7.05 Å². The molecule has 0 bridgehead atoms. The molecule has 1 rings (SSSR count). The minimum absolute atomic E-state index is 0.0923. The van der Waals surface area contributed by atoms with Crippen LogP contribution in [0.5, 0.6) is 0 Å². The van der Waals surface area contributed by atoms with Crippen molar-refractivity contribution in [2.45, 2.75) is 44.7 Å². The average Bonchev–Trinajstić information content (AvgIpc) is 2.13. The Morgan fingerprint density at radius 2 is 2.11 bits per heavy atom. The van der Waals surface area contributed by atoms with Gasteiger partial charge in [0.1, 0.15) is 0 Å². The SMILES string of the molecule is CN1CCCC(NC(=O)NC(C)(C)CC(=O)O)C1. The number of urea groups is 1. The lowest BCUT2D eigenvalue weighted by atomic mass is 10.0. The number of piperidine rings is 1. The summed E-state index contributed by atoms with van der Waals surface area (Å²) < 4.78 is 0. The Labute approximate surface area is 108 Å². The average molecular weight is 257 g/mol. The first-order valence-corrected chi connectivity index (χ1v) is 6.27. The minimum atomic E-state index is -0.919. The van der Waals surface area contributed by atoms with E-state index in [-0.39, 0.29) is 18.5 Å². The van der Waals surface area contributed by atoms with E-state index in [1.165, 1.54) is 0 Å². The third kappa shape index (κ3) is 5.35. The van der Waals surface area contributed by atoms with E-state index < -0.39 is 11.5 Å². The number of amides is 2. The summed E-state index contributed by atoms with van der Waals surface area (Å²) in [5.41, 5.74) is -0.740. The van der Waals surface area contributed by atoms with Crippen LogP contribution in [0.3, 0.4) is 0 Å². The van der Waals surface area contributed by atoms with Crippen molar-refractivity contribution in [3.63, 3.8) is 0 Å². The van der Waals surface area contributed by atoms with E-state index >= 15 is 0 Å². The van der Waals surface area contributed by atoms with Gasteiger partial charge in [0.15, 0.2) is 0 Å². The fraction of sp³-hybridized carbons (Fsp3) is 0.833. The predicted octanol–water partition coefficient (Wildman–Crippen LogP) is 0.633. The molecular weight excluding hydrogens is 234 g/mol. The predicted molar refractivity (Wildman–Crippen MR) is 68.5 cm³/mol. The molecule has 104 valence electrons. The van der Waals surface area contributed by atoms with Gasteiger partial charge in [-0.1, -0.05) is 0 Å². The van der Waals surface area contributed by atoms with E-state index in [0.717, 1.165) is 25.9 Å². The number of carbonyl (C=O) groups is 2. The van der Waals surface area contributed by atoms with Crippen LogP contribution in [0, 0.1) is 0 Å². The standard InChI is InChI=1S/C12H23N3O3/c1-12(2,7-10(16)17)14-11(18)13-9-5-4-6-15(3)8-9/h9H,4-8H2,1-3H3,(H,16,17)(H2,13,14,18). The number of carboxylic acids is 1. The van der Waals surface area contributed by atoms with Crippen molar-refractivity contribution in [2.75, 3.05) is 20.1 Å². The third-order valence-corrected chi connectivity index (χ3v) is 3.00. The second kappa shape index (κ2) is 6.04. The molecule has 18 heavy (non-hydrogen) atoms. The Hall–Kier alpha value is -1.30. The maximum atomic E-state index is 11.8. The summed E-state index contributed by atoms with van der Waals surface area (Å²) in [4.78, 5) is 24.6. The first kappa shape index (κ1) is 14.8. The number of likely N-dealkylation sites (N-methyl/N-ethyl adjacent to an activating group) is 1. The van der Waals surface area contributed by atoms with Gasteiger partial charge in [0.05, 0.1) is 6.42 Å². The number of nitrogens with zero attached hydrogens (tertiary/aromatic N) is 1. The Balaban J connectivity index is 2.38. The Morgan fingerprint density at radius 3 is 2.67 bits per heavy atom. The summed E-state index contributed by atoms with van der Waals surface area (Å²) in [6.45, 7) is 5.30. The van der Waals surface area contributed by atoms with Crippen molar-refractivity contribution < 1.29 is 14.7 Å². The number of likely N-dealkylation sites (tertiary alicyclic amines) is 1. The first-order chi connectivity index (χ1) is 8.28. The Bertz CT molecular complexity index is 318. The Kier molecular flexibility index (Phi) is 4.95. The molecule has 0 aromatic heterocycles. The molecular formula is C12H23N3O3. The number of carboxylic acid groups (broad SMARTS) is 1. The summed E-state index contributed by atoms with van der Waals surface area (Å²) in [6, 6.07) is -0.147. The zero-order chi connectivity index (χ0) is 13.8. The molecule has 0 saturated carbocycles. The number of aliphatic carboxylic acids is 1. The van der Waals surface area contributed by atoms with Gasteiger partial charge < -0.3 is 20.6 Å². The maximum absolute atomic E-state index is 11.8. The van der Waals surface area contributed by atoms with Gasteiger partial charge in [-0.05, 0) is 40.3 Å². The highest BCUT2D eigenvalue weighted by molar-refractivity contribution is 5.76. The summed E-state index contributed by atoms with van der Waals surface area (Å²) >= 11 is 0. The zero-order valence-electron chi connectivity index (χ0n) is 11.3. The van der Waals surface area contributed by atoms with Crippen molar-refractivity contribution in [1.82, 2.24) is 15.5 Å². The molecule has 1 aliphatic rings. The van der Waals surface area contributed by atoms with E-state index in [0.29, 0.717) is 0 Å². The summed E-state index contributed by atoms with van der Waals surface area (Å²) in [6.07, 6.45) is 1.95. The van der Waals surface area contributed by atoms with Crippen LogP contribution in [0.2, 0.25) is 0 Å². The van der Waals surface area contributed by atoms with E-state index in [2.05, 4.69) is 15.5 Å². The van der Waals surface area contributed by atoms with Crippen molar-refractivity contribution in [1.29, 1.82) is 0 Å². The number of rotatable bonds is 4. The second-order valence-electron chi connectivity index (χ2n) is 5.65. The molecule has 1 heterocycles. The molecule has 0 aromatic rings. The molecule has 0 aliphatic carbocycles. The maximum Gasteiger partial charge on any atom is 0.315 e. The smallest absolute Gasteiger partial charge is 0.315 e. The van der Waals surface area contributed by atoms with Crippen molar-refractivity contribution in [3.05, 3.63) is 0 Å². The van der Waals surface area contributed by atoms with Crippen molar-refractivity contribution >= 4 is 12.0 Å². The fourth-order valence-electron chi connectivity index (χ4n) is 2.24. The molecule has 0 spiro atoms. The van der Waals surface area contributed by atoms with Crippen molar-refractivity contribution in [3.8, 4) is 0 Å². The van der Waals surface area contributed by atoms with Crippen LogP contribution in [0.4, 0.5) is 4.79 Å². The van der Waals surface area contributed by atoms with Gasteiger partial charge in [-0.15, -0.1) is 0 Å². The molecule has 0 aromatic carbocycles. The van der Waals surface area contributed by atoms with Gasteiger partial charge in [-0.3, -0.25) is 4.79 Å². The van der Waals surface area contributed by atoms with Crippen LogP contribution in [-0.4, -0.2) is 53.7 Å². The lowest BCUT2D eigenvalue weighted by Crippen LogP contribution is -2.54. The zero-order valence-corrected chi connectivity index (χ0v) is 11.3. The quantitative estimate of drug-likeness (QED) is 0.690. The molecule has 1 atom stereocenters. The van der Waals surface area contributed by atoms with Crippen LogP contribution in [-0.2, 0) is 4.79 Å². The minimum Gasteiger partial charge on any atom is -0.481 e. The molecule has 2 amide bonds. The molecule has 3 N–H and O–H groups in total. The molecule has 1 unspecified atom stereocenters. The lowest BCUT2D eigenvalue weighted by molar-refractivity contribution is -0.138. The normalized spacial score (nSPS) is 21.4. The van der Waals surface area contributed by atoms with Crippen LogP contribution < -0.4 is 10.6 Å². The number of hydrogen-bond acceptors (Lipinski definition) is 3. The van der Waals surface area contributed by atoms with Crippen LogP contribution in [0.25, 0.3) is 0 Å². The molecule has 6 heteroatoms. The van der Waals surface area contributed by atoms with Crippen LogP contribution in [0.15, 0.2) is 0 Å². The summed E-state index contributed by atoms with van der Waals surface area (Å²) in [5.74, 6) is -0.919. The van der Waals surface area contributed by atoms with E-state index in [9.17, 15) is 9.59 Å². The van der Waals surface area contributed by atoms with Gasteiger partial charge in [0.2, 0.25) is 0 Å².